The molecule has 1 saturated carbocycles. The summed E-state index contributed by atoms with van der Waals surface area (Å²) in [7, 11) is 0. The highest BCUT2D eigenvalue weighted by Gasteiger charge is 2.27. The van der Waals surface area contributed by atoms with Crippen molar-refractivity contribution in [3.63, 3.8) is 0 Å². The second-order valence-electron chi connectivity index (χ2n) is 6.93. The summed E-state index contributed by atoms with van der Waals surface area (Å²) in [6.45, 7) is 0. The van der Waals surface area contributed by atoms with Crippen molar-refractivity contribution >= 4 is 22.9 Å². The van der Waals surface area contributed by atoms with Crippen LogP contribution in [0.5, 0.6) is 0 Å². The van der Waals surface area contributed by atoms with E-state index in [0.717, 1.165) is 47.2 Å². The van der Waals surface area contributed by atoms with E-state index < -0.39 is 6.10 Å². The van der Waals surface area contributed by atoms with E-state index in [4.69, 9.17) is 0 Å². The highest BCUT2D eigenvalue weighted by atomic mass is 32.1. The minimum atomic E-state index is -0.448. The number of hydrogen-bond acceptors (Lipinski definition) is 6. The summed E-state index contributed by atoms with van der Waals surface area (Å²) in [6.07, 6.45) is 11.0. The lowest BCUT2D eigenvalue weighted by molar-refractivity contribution is 0.0877. The van der Waals surface area contributed by atoms with Crippen LogP contribution in [0.1, 0.15) is 28.9 Å². The van der Waals surface area contributed by atoms with Crippen molar-refractivity contribution in [2.24, 2.45) is 0 Å². The number of hydrogen-bond donors (Lipinski definition) is 3. The van der Waals surface area contributed by atoms with Crippen LogP contribution in [0.2, 0.25) is 0 Å². The summed E-state index contributed by atoms with van der Waals surface area (Å²) in [5.41, 5.74) is 4.35. The van der Waals surface area contributed by atoms with Gasteiger partial charge in [0.25, 0.3) is 5.91 Å². The van der Waals surface area contributed by atoms with Gasteiger partial charge < -0.3 is 10.4 Å². The second kappa shape index (κ2) is 6.84. The zero-order chi connectivity index (χ0) is 19.1. The number of H-pyrrole nitrogens is 1. The van der Waals surface area contributed by atoms with E-state index >= 15 is 0 Å². The minimum absolute atomic E-state index is 0.145. The fraction of sp³-hybridized carbons (Fsp3) is 0.263. The summed E-state index contributed by atoms with van der Waals surface area (Å²) < 4.78 is 1.73. The predicted molar refractivity (Wildman–Crippen MR) is 105 cm³/mol. The van der Waals surface area contributed by atoms with Crippen LogP contribution in [0, 0.1) is 0 Å². The molecule has 1 amide bonds. The van der Waals surface area contributed by atoms with Crippen LogP contribution in [0.25, 0.3) is 27.9 Å². The quantitative estimate of drug-likeness (QED) is 0.493. The van der Waals surface area contributed by atoms with Gasteiger partial charge in [-0.3, -0.25) is 9.89 Å². The summed E-state index contributed by atoms with van der Waals surface area (Å²) in [5.74, 6) is -0.145. The maximum Gasteiger partial charge on any atom is 0.261 e. The summed E-state index contributed by atoms with van der Waals surface area (Å²) in [6, 6.07) is 1.70. The molecule has 1 fully saturated rings. The molecule has 4 aromatic rings. The Kier molecular flexibility index (Phi) is 4.18. The van der Waals surface area contributed by atoms with Gasteiger partial charge in [-0.2, -0.15) is 10.2 Å². The average molecular weight is 394 g/mol. The number of carbonyl (C=O) groups is 1. The maximum atomic E-state index is 12.5. The molecular weight excluding hydrogens is 376 g/mol. The third kappa shape index (κ3) is 2.98. The average Bonchev–Trinajstić information content (AvgIpc) is 3.48. The zero-order valence-corrected chi connectivity index (χ0v) is 15.7. The van der Waals surface area contributed by atoms with Crippen LogP contribution in [0.15, 0.2) is 42.4 Å². The molecule has 5 rings (SSSR count). The van der Waals surface area contributed by atoms with Gasteiger partial charge in [0.15, 0.2) is 5.65 Å². The molecule has 28 heavy (non-hydrogen) atoms. The maximum absolute atomic E-state index is 12.5. The number of nitrogens with one attached hydrogen (secondary N) is 2. The number of amides is 1. The van der Waals surface area contributed by atoms with Crippen molar-refractivity contribution in [3.8, 4) is 22.3 Å². The minimum Gasteiger partial charge on any atom is -0.391 e. The standard InChI is InChI=1S/C19H18N6O2S/c26-16-3-1-2-15(16)24-19(27)17-4-11(10-28-17)14-8-23-25-9-13(5-20-18(14)25)12-6-21-22-7-12/h4-10,15-16,26H,1-3H2,(H,21,22)(H,24,27)/t15-,16-/m0/s1. The van der Waals surface area contributed by atoms with Crippen molar-refractivity contribution in [1.82, 2.24) is 30.1 Å². The second-order valence-corrected chi connectivity index (χ2v) is 7.85. The van der Waals surface area contributed by atoms with E-state index in [2.05, 4.69) is 25.6 Å². The molecule has 9 heteroatoms. The summed E-state index contributed by atoms with van der Waals surface area (Å²) >= 11 is 1.38. The first-order valence-corrected chi connectivity index (χ1v) is 9.97. The van der Waals surface area contributed by atoms with Crippen LogP contribution >= 0.6 is 11.3 Å². The fourth-order valence-electron chi connectivity index (χ4n) is 3.58. The van der Waals surface area contributed by atoms with Gasteiger partial charge in [-0.15, -0.1) is 11.3 Å². The van der Waals surface area contributed by atoms with Crippen molar-refractivity contribution in [3.05, 3.63) is 47.3 Å². The molecule has 0 radical (unpaired) electrons. The Morgan fingerprint density at radius 2 is 2.18 bits per heavy atom. The SMILES string of the molecule is O=C(N[C@H]1CCC[C@@H]1O)c1cc(-c2cnn3cc(-c4cn[nH]c4)cnc23)cs1. The first kappa shape index (κ1) is 17.1. The Hall–Kier alpha value is -3.04. The molecule has 3 N–H and O–H groups in total. The van der Waals surface area contributed by atoms with E-state index in [1.807, 2.05) is 17.6 Å². The third-order valence-electron chi connectivity index (χ3n) is 5.12. The number of carbonyl (C=O) groups excluding carboxylic acids is 1. The van der Waals surface area contributed by atoms with Crippen molar-refractivity contribution in [2.45, 2.75) is 31.4 Å². The Morgan fingerprint density at radius 3 is 2.96 bits per heavy atom. The van der Waals surface area contributed by atoms with E-state index in [0.29, 0.717) is 4.88 Å². The number of fused-ring (bicyclic) bond motifs is 1. The van der Waals surface area contributed by atoms with Gasteiger partial charge in [0, 0.05) is 35.3 Å². The molecule has 0 aromatic carbocycles. The monoisotopic (exact) mass is 394 g/mol. The highest BCUT2D eigenvalue weighted by Crippen LogP contribution is 2.29. The van der Waals surface area contributed by atoms with E-state index in [1.165, 1.54) is 11.3 Å². The molecule has 0 saturated heterocycles. The van der Waals surface area contributed by atoms with Gasteiger partial charge in [-0.05, 0) is 36.3 Å². The third-order valence-corrected chi connectivity index (χ3v) is 6.05. The lowest BCUT2D eigenvalue weighted by Gasteiger charge is -2.15. The zero-order valence-electron chi connectivity index (χ0n) is 14.9. The molecule has 2 atom stereocenters. The number of aliphatic hydroxyl groups excluding tert-OH is 1. The number of rotatable bonds is 4. The van der Waals surface area contributed by atoms with Gasteiger partial charge in [0.05, 0.1) is 29.4 Å². The van der Waals surface area contributed by atoms with E-state index in [9.17, 15) is 9.90 Å². The number of aromatic nitrogens is 5. The molecule has 1 aliphatic rings. The lowest BCUT2D eigenvalue weighted by Crippen LogP contribution is -2.39. The molecule has 0 spiro atoms. The van der Waals surface area contributed by atoms with Crippen LogP contribution in [-0.2, 0) is 0 Å². The Labute approximate surface area is 164 Å². The van der Waals surface area contributed by atoms with Gasteiger partial charge in [-0.25, -0.2) is 9.50 Å². The van der Waals surface area contributed by atoms with Crippen molar-refractivity contribution < 1.29 is 9.90 Å². The van der Waals surface area contributed by atoms with E-state index in [1.54, 1.807) is 29.3 Å². The molecule has 142 valence electrons. The highest BCUT2D eigenvalue weighted by molar-refractivity contribution is 7.12. The topological polar surface area (TPSA) is 108 Å². The van der Waals surface area contributed by atoms with Gasteiger partial charge in [0.2, 0.25) is 0 Å². The number of nitrogens with zero attached hydrogens (tertiary/aromatic N) is 4. The van der Waals surface area contributed by atoms with Crippen LogP contribution in [-0.4, -0.2) is 48.0 Å². The van der Waals surface area contributed by atoms with Crippen LogP contribution in [0.4, 0.5) is 0 Å². The van der Waals surface area contributed by atoms with Crippen LogP contribution < -0.4 is 5.32 Å². The molecule has 4 aromatic heterocycles. The molecule has 0 bridgehead atoms. The molecule has 8 nitrogen and oxygen atoms in total. The normalized spacial score (nSPS) is 19.3. The fourth-order valence-corrected chi connectivity index (χ4v) is 4.39. The molecule has 4 heterocycles. The number of aliphatic hydroxyl groups is 1. The summed E-state index contributed by atoms with van der Waals surface area (Å²) in [5, 5.41) is 25.9. The predicted octanol–water partition coefficient (Wildman–Crippen LogP) is 2.49. The summed E-state index contributed by atoms with van der Waals surface area (Å²) in [4.78, 5) is 17.7. The van der Waals surface area contributed by atoms with Gasteiger partial charge in [-0.1, -0.05) is 0 Å². The Morgan fingerprint density at radius 1 is 1.25 bits per heavy atom. The Balaban J connectivity index is 1.41. The van der Waals surface area contributed by atoms with Crippen LogP contribution in [0.3, 0.4) is 0 Å². The van der Waals surface area contributed by atoms with Crippen molar-refractivity contribution in [2.75, 3.05) is 0 Å². The van der Waals surface area contributed by atoms with Gasteiger partial charge >= 0.3 is 0 Å². The Bertz CT molecular complexity index is 1130. The molecular formula is C19H18N6O2S. The smallest absolute Gasteiger partial charge is 0.261 e. The van der Waals surface area contributed by atoms with E-state index in [-0.39, 0.29) is 11.9 Å². The lowest BCUT2D eigenvalue weighted by atomic mass is 10.1. The largest absolute Gasteiger partial charge is 0.391 e. The number of aromatic amines is 1. The van der Waals surface area contributed by atoms with Gasteiger partial charge in [0.1, 0.15) is 0 Å². The molecule has 0 unspecified atom stereocenters. The van der Waals surface area contributed by atoms with Crippen molar-refractivity contribution in [1.29, 1.82) is 0 Å². The molecule has 0 aliphatic heterocycles. The molecule has 1 aliphatic carbocycles. The first-order valence-electron chi connectivity index (χ1n) is 9.09. The number of thiophene rings is 1. The first-order chi connectivity index (χ1) is 13.7.